The quantitative estimate of drug-likeness (QED) is 0.266. The fourth-order valence-corrected chi connectivity index (χ4v) is 5.87. The standard InChI is InChI=1S/C12F18/c13-5(14,15)1-2(6(16,17)18)4(10(22,23)24)7(11(25,26)27)3(1,9(19,20)21)8(4,7)12(28,29)30. The van der Waals surface area contributed by atoms with Gasteiger partial charge in [-0.3, -0.25) is 0 Å². The van der Waals surface area contributed by atoms with Crippen molar-refractivity contribution in [1.29, 1.82) is 0 Å². The molecule has 0 heterocycles. The predicted molar refractivity (Wildman–Crippen MR) is 53.1 cm³/mol. The summed E-state index contributed by atoms with van der Waals surface area (Å²) in [4.78, 5) is 0. The molecule has 0 radical (unpaired) electrons. The van der Waals surface area contributed by atoms with Gasteiger partial charge in [0, 0.05) is 0 Å². The van der Waals surface area contributed by atoms with Gasteiger partial charge in [0.1, 0.15) is 21.7 Å². The second kappa shape index (κ2) is 4.63. The van der Waals surface area contributed by atoms with Crippen molar-refractivity contribution < 1.29 is 79.0 Å². The zero-order valence-corrected chi connectivity index (χ0v) is 12.8. The molecule has 0 aliphatic heterocycles. The maximum absolute atomic E-state index is 13.4. The average molecular weight is 486 g/mol. The molecule has 0 saturated heterocycles. The summed E-state index contributed by atoms with van der Waals surface area (Å²) >= 11 is 0. The van der Waals surface area contributed by atoms with Crippen LogP contribution in [0.2, 0.25) is 0 Å². The monoisotopic (exact) mass is 486 g/mol. The largest absolute Gasteiger partial charge is 0.413 e. The zero-order valence-electron chi connectivity index (χ0n) is 12.8. The minimum atomic E-state index is -7.44. The molecule has 0 aromatic carbocycles. The molecule has 2 bridgehead atoms. The third kappa shape index (κ3) is 1.61. The molecular weight excluding hydrogens is 486 g/mol. The Kier molecular flexibility index (Phi) is 3.58. The van der Waals surface area contributed by atoms with Gasteiger partial charge in [-0.15, -0.1) is 0 Å². The maximum Gasteiger partial charge on any atom is 0.413 e. The minimum Gasteiger partial charge on any atom is -0.170 e. The summed E-state index contributed by atoms with van der Waals surface area (Å²) < 4.78 is 239. The lowest BCUT2D eigenvalue weighted by Gasteiger charge is -2.39. The molecule has 0 nitrogen and oxygen atoms in total. The van der Waals surface area contributed by atoms with E-state index < -0.39 is 69.9 Å². The van der Waals surface area contributed by atoms with E-state index in [1.807, 2.05) is 0 Å². The van der Waals surface area contributed by atoms with Crippen LogP contribution < -0.4 is 0 Å². The van der Waals surface area contributed by atoms with E-state index in [0.29, 0.717) is 0 Å². The van der Waals surface area contributed by atoms with Crippen LogP contribution in [0.15, 0.2) is 11.1 Å². The number of rotatable bonds is 0. The summed E-state index contributed by atoms with van der Waals surface area (Å²) in [5.74, 6) is 0. The molecule has 4 rings (SSSR count). The van der Waals surface area contributed by atoms with Crippen molar-refractivity contribution in [2.45, 2.75) is 37.1 Å². The molecule has 0 atom stereocenters. The van der Waals surface area contributed by atoms with E-state index in [0.717, 1.165) is 0 Å². The summed E-state index contributed by atoms with van der Waals surface area (Å²) in [5, 5.41) is 0. The number of hydrogen-bond donors (Lipinski definition) is 0. The van der Waals surface area contributed by atoms with Crippen LogP contribution in [-0.2, 0) is 0 Å². The average Bonchev–Trinajstić information content (AvgIpc) is 3.07. The molecule has 0 amide bonds. The SMILES string of the molecule is FC(F)(F)C1=C(C(F)(F)F)C2(C(F)(F)F)C3(C(F)(F)F)C1(C(F)(F)F)C23C(F)(F)F. The molecule has 2 fully saturated rings. The van der Waals surface area contributed by atoms with E-state index in [9.17, 15) is 79.0 Å². The van der Waals surface area contributed by atoms with Crippen LogP contribution in [0.5, 0.6) is 0 Å². The van der Waals surface area contributed by atoms with Crippen LogP contribution in [0.3, 0.4) is 0 Å². The number of alkyl halides is 18. The summed E-state index contributed by atoms with van der Waals surface area (Å²) in [5.41, 5.74) is -35.3. The van der Waals surface area contributed by atoms with Crippen LogP contribution in [0, 0.1) is 21.7 Å². The van der Waals surface area contributed by atoms with Crippen molar-refractivity contribution in [3.63, 3.8) is 0 Å². The topological polar surface area (TPSA) is 0 Å². The molecule has 18 heteroatoms. The molecule has 4 aliphatic rings. The lowest BCUT2D eigenvalue weighted by atomic mass is 9.69. The highest BCUT2D eigenvalue weighted by atomic mass is 19.4. The first-order valence-electron chi connectivity index (χ1n) is 6.90. The van der Waals surface area contributed by atoms with Crippen LogP contribution in [-0.4, -0.2) is 37.1 Å². The second-order valence-corrected chi connectivity index (χ2v) is 6.74. The Labute approximate surface area is 150 Å². The number of allylic oxidation sites excluding steroid dienone is 2. The van der Waals surface area contributed by atoms with E-state index in [1.54, 1.807) is 0 Å². The van der Waals surface area contributed by atoms with Gasteiger partial charge in [0.25, 0.3) is 0 Å². The Morgan fingerprint density at radius 1 is 0.333 bits per heavy atom. The Balaban J connectivity index is 2.69. The number of hydrogen-bond acceptors (Lipinski definition) is 0. The van der Waals surface area contributed by atoms with E-state index in [4.69, 9.17) is 0 Å². The lowest BCUT2D eigenvalue weighted by Crippen LogP contribution is -2.55. The van der Waals surface area contributed by atoms with Gasteiger partial charge in [0.2, 0.25) is 0 Å². The van der Waals surface area contributed by atoms with Gasteiger partial charge in [-0.1, -0.05) is 0 Å². The lowest BCUT2D eigenvalue weighted by molar-refractivity contribution is -0.330. The van der Waals surface area contributed by atoms with Gasteiger partial charge in [0.15, 0.2) is 0 Å². The van der Waals surface area contributed by atoms with Crippen LogP contribution in [0.25, 0.3) is 0 Å². The zero-order chi connectivity index (χ0) is 24.2. The Morgan fingerprint density at radius 3 is 0.633 bits per heavy atom. The normalized spacial score (nSPS) is 39.4. The minimum absolute atomic E-state index is 4.58. The third-order valence-corrected chi connectivity index (χ3v) is 5.96. The summed E-state index contributed by atoms with van der Waals surface area (Å²) in [6.07, 6.45) is -44.3. The highest BCUT2D eigenvalue weighted by Gasteiger charge is 3.37. The molecule has 0 unspecified atom stereocenters. The summed E-state index contributed by atoms with van der Waals surface area (Å²) in [6.45, 7) is 0. The number of halogens is 18. The van der Waals surface area contributed by atoms with Gasteiger partial charge < -0.3 is 0 Å². The summed E-state index contributed by atoms with van der Waals surface area (Å²) in [7, 11) is 0. The maximum atomic E-state index is 13.4. The van der Waals surface area contributed by atoms with Crippen molar-refractivity contribution in [2.24, 2.45) is 21.7 Å². The third-order valence-electron chi connectivity index (χ3n) is 5.96. The Morgan fingerprint density at radius 2 is 0.533 bits per heavy atom. The van der Waals surface area contributed by atoms with E-state index in [2.05, 4.69) is 0 Å². The molecule has 30 heavy (non-hydrogen) atoms. The second-order valence-electron chi connectivity index (χ2n) is 6.74. The first-order valence-corrected chi connectivity index (χ1v) is 6.90. The molecule has 0 aromatic heterocycles. The molecule has 0 spiro atoms. The molecule has 2 saturated carbocycles. The van der Waals surface area contributed by atoms with Gasteiger partial charge in [-0.25, -0.2) is 0 Å². The smallest absolute Gasteiger partial charge is 0.170 e. The van der Waals surface area contributed by atoms with Crippen LogP contribution >= 0.6 is 0 Å². The van der Waals surface area contributed by atoms with Crippen LogP contribution in [0.4, 0.5) is 79.0 Å². The Bertz CT molecular complexity index is 751. The van der Waals surface area contributed by atoms with Gasteiger partial charge in [-0.05, 0) is 0 Å². The molecule has 0 N–H and O–H groups in total. The Hall–Kier alpha value is -1.52. The van der Waals surface area contributed by atoms with Gasteiger partial charge in [-0.2, -0.15) is 79.0 Å². The van der Waals surface area contributed by atoms with E-state index in [-0.39, 0.29) is 0 Å². The first kappa shape index (κ1) is 23.1. The highest BCUT2D eigenvalue weighted by Crippen LogP contribution is 3.22. The summed E-state index contributed by atoms with van der Waals surface area (Å²) in [6, 6.07) is 0. The van der Waals surface area contributed by atoms with Gasteiger partial charge in [0.05, 0.1) is 11.1 Å². The highest BCUT2D eigenvalue weighted by molar-refractivity contribution is 5.79. The van der Waals surface area contributed by atoms with Gasteiger partial charge >= 0.3 is 37.1 Å². The van der Waals surface area contributed by atoms with Crippen molar-refractivity contribution >= 4 is 0 Å². The fourth-order valence-electron chi connectivity index (χ4n) is 5.87. The van der Waals surface area contributed by atoms with Crippen molar-refractivity contribution in [2.75, 3.05) is 0 Å². The molecule has 174 valence electrons. The predicted octanol–water partition coefficient (Wildman–Crippen LogP) is 6.64. The van der Waals surface area contributed by atoms with Crippen LogP contribution in [0.1, 0.15) is 0 Å². The fraction of sp³-hybridized carbons (Fsp3) is 0.833. The van der Waals surface area contributed by atoms with Crippen molar-refractivity contribution in [3.05, 3.63) is 11.1 Å². The van der Waals surface area contributed by atoms with Crippen molar-refractivity contribution in [3.8, 4) is 0 Å². The molecule has 0 aromatic rings. The van der Waals surface area contributed by atoms with Crippen molar-refractivity contribution in [1.82, 2.24) is 0 Å². The first-order chi connectivity index (χ1) is 12.7. The molecular formula is C12F18. The molecule has 4 aliphatic carbocycles. The van der Waals surface area contributed by atoms with E-state index >= 15 is 0 Å². The van der Waals surface area contributed by atoms with E-state index in [1.165, 1.54) is 0 Å².